The third kappa shape index (κ3) is 3.22. The Labute approximate surface area is 146 Å². The van der Waals surface area contributed by atoms with Crippen molar-refractivity contribution in [1.29, 1.82) is 0 Å². The van der Waals surface area contributed by atoms with Crippen molar-refractivity contribution in [2.24, 2.45) is 0 Å². The summed E-state index contributed by atoms with van der Waals surface area (Å²) in [6.45, 7) is 0. The molecule has 0 saturated carbocycles. The average Bonchev–Trinajstić information content (AvgIpc) is 3.42. The van der Waals surface area contributed by atoms with Gasteiger partial charge in [0.2, 0.25) is 5.16 Å². The molecule has 0 bridgehead atoms. The van der Waals surface area contributed by atoms with Crippen molar-refractivity contribution >= 4 is 17.5 Å². The van der Waals surface area contributed by atoms with E-state index in [0.29, 0.717) is 22.3 Å². The number of aromatic amines is 1. The fourth-order valence-electron chi connectivity index (χ4n) is 2.23. The molecule has 0 amide bonds. The van der Waals surface area contributed by atoms with Gasteiger partial charge in [0.05, 0.1) is 6.26 Å². The summed E-state index contributed by atoms with van der Waals surface area (Å²) in [5.74, 6) is 0.962. The van der Waals surface area contributed by atoms with Crippen molar-refractivity contribution in [3.05, 3.63) is 66.9 Å². The maximum atomic E-state index is 12.9. The minimum Gasteiger partial charge on any atom is -0.461 e. The third-order valence-electron chi connectivity index (χ3n) is 3.40. The smallest absolute Gasteiger partial charge is 0.211 e. The van der Waals surface area contributed by atoms with Gasteiger partial charge in [0, 0.05) is 5.56 Å². The fourth-order valence-corrected chi connectivity index (χ4v) is 3.14. The van der Waals surface area contributed by atoms with Gasteiger partial charge in [-0.15, -0.1) is 5.10 Å². The molecule has 0 spiro atoms. The van der Waals surface area contributed by atoms with Crippen molar-refractivity contribution < 1.29 is 9.21 Å². The number of aromatic nitrogens is 6. The van der Waals surface area contributed by atoms with E-state index in [9.17, 15) is 4.79 Å². The number of benzene rings is 1. The number of carbonyl (C=O) groups is 1. The fraction of sp³-hybridized carbons (Fsp3) is 0.0625. The molecule has 4 aromatic rings. The second-order valence-corrected chi connectivity index (χ2v) is 6.07. The molecule has 9 heteroatoms. The summed E-state index contributed by atoms with van der Waals surface area (Å²) in [7, 11) is 0. The highest BCUT2D eigenvalue weighted by Gasteiger charge is 2.26. The minimum absolute atomic E-state index is 0.111. The monoisotopic (exact) mass is 352 g/mol. The van der Waals surface area contributed by atoms with Crippen LogP contribution in [-0.2, 0) is 0 Å². The first-order valence-electron chi connectivity index (χ1n) is 7.37. The normalized spacial score (nSPS) is 12.2. The van der Waals surface area contributed by atoms with Crippen molar-refractivity contribution in [2.75, 3.05) is 0 Å². The third-order valence-corrected chi connectivity index (χ3v) is 4.44. The molecule has 0 unspecified atom stereocenters. The molecule has 4 rings (SSSR count). The number of Topliss-reactive ketones (excluding diaryl/α,β-unsaturated/α-hetero) is 1. The topological polar surface area (TPSA) is 102 Å². The molecule has 3 aromatic heterocycles. The number of carbonyl (C=O) groups excluding carboxylic acids is 1. The molecule has 25 heavy (non-hydrogen) atoms. The molecule has 0 radical (unpaired) electrons. The SMILES string of the molecule is O=C(c1ccccc1)[C@@H](Sc1n[nH]c(-c2ccco2)n1)n1cncn1. The van der Waals surface area contributed by atoms with Crippen LogP contribution in [0.15, 0.2) is 71.0 Å². The number of H-pyrrole nitrogens is 1. The maximum Gasteiger partial charge on any atom is 0.211 e. The van der Waals surface area contributed by atoms with Gasteiger partial charge < -0.3 is 4.42 Å². The van der Waals surface area contributed by atoms with Gasteiger partial charge in [0.25, 0.3) is 0 Å². The number of hydrogen-bond donors (Lipinski definition) is 1. The summed E-state index contributed by atoms with van der Waals surface area (Å²) in [4.78, 5) is 21.2. The molecule has 1 N–H and O–H groups in total. The molecule has 1 aromatic carbocycles. The predicted octanol–water partition coefficient (Wildman–Crippen LogP) is 2.83. The van der Waals surface area contributed by atoms with E-state index in [4.69, 9.17) is 4.42 Å². The lowest BCUT2D eigenvalue weighted by Crippen LogP contribution is -2.17. The van der Waals surface area contributed by atoms with Crippen LogP contribution >= 0.6 is 11.8 Å². The van der Waals surface area contributed by atoms with Crippen molar-refractivity contribution in [1.82, 2.24) is 29.9 Å². The highest BCUT2D eigenvalue weighted by Crippen LogP contribution is 2.32. The van der Waals surface area contributed by atoms with Crippen molar-refractivity contribution in [3.8, 4) is 11.6 Å². The van der Waals surface area contributed by atoms with Crippen LogP contribution in [-0.4, -0.2) is 35.7 Å². The Morgan fingerprint density at radius 2 is 2.08 bits per heavy atom. The minimum atomic E-state index is -0.662. The molecular weight excluding hydrogens is 340 g/mol. The van der Waals surface area contributed by atoms with E-state index < -0.39 is 5.37 Å². The van der Waals surface area contributed by atoms with Crippen LogP contribution in [0.25, 0.3) is 11.6 Å². The zero-order chi connectivity index (χ0) is 17.1. The predicted molar refractivity (Wildman–Crippen MR) is 89.8 cm³/mol. The van der Waals surface area contributed by atoms with Crippen LogP contribution in [0.2, 0.25) is 0 Å². The Morgan fingerprint density at radius 3 is 2.80 bits per heavy atom. The molecule has 3 heterocycles. The van der Waals surface area contributed by atoms with E-state index in [0.717, 1.165) is 0 Å². The molecule has 8 nitrogen and oxygen atoms in total. The first-order chi connectivity index (χ1) is 12.3. The van der Waals surface area contributed by atoms with Gasteiger partial charge in [-0.1, -0.05) is 30.3 Å². The largest absolute Gasteiger partial charge is 0.461 e. The summed E-state index contributed by atoms with van der Waals surface area (Å²) in [5, 5.41) is 10.8. The van der Waals surface area contributed by atoms with Gasteiger partial charge in [-0.25, -0.2) is 9.67 Å². The van der Waals surface area contributed by atoms with Crippen molar-refractivity contribution in [3.63, 3.8) is 0 Å². The summed E-state index contributed by atoms with van der Waals surface area (Å²) >= 11 is 1.18. The highest BCUT2D eigenvalue weighted by atomic mass is 32.2. The van der Waals surface area contributed by atoms with E-state index in [1.807, 2.05) is 18.2 Å². The molecule has 0 fully saturated rings. The molecule has 0 saturated heterocycles. The lowest BCUT2D eigenvalue weighted by atomic mass is 10.1. The summed E-state index contributed by atoms with van der Waals surface area (Å²) in [6.07, 6.45) is 4.44. The molecule has 0 aliphatic rings. The van der Waals surface area contributed by atoms with Gasteiger partial charge in [-0.3, -0.25) is 9.89 Å². The van der Waals surface area contributed by atoms with Crippen LogP contribution in [0.5, 0.6) is 0 Å². The standard InChI is InChI=1S/C16H12N6O2S/c23-13(11-5-2-1-3-6-11)15(22-10-17-9-18-22)25-16-19-14(20-21-16)12-7-4-8-24-12/h1-10,15H,(H,19,20,21)/t15-/m1/s1. The van der Waals surface area contributed by atoms with Gasteiger partial charge in [-0.2, -0.15) is 10.1 Å². The van der Waals surface area contributed by atoms with E-state index in [1.54, 1.807) is 30.5 Å². The van der Waals surface area contributed by atoms with Crippen LogP contribution in [0.1, 0.15) is 15.7 Å². The highest BCUT2D eigenvalue weighted by molar-refractivity contribution is 7.99. The number of furan rings is 1. The Balaban J connectivity index is 1.62. The van der Waals surface area contributed by atoms with E-state index in [2.05, 4.69) is 25.3 Å². The van der Waals surface area contributed by atoms with E-state index >= 15 is 0 Å². The lowest BCUT2D eigenvalue weighted by molar-refractivity contribution is 0.0962. The quantitative estimate of drug-likeness (QED) is 0.420. The molecule has 1 atom stereocenters. The van der Waals surface area contributed by atoms with Gasteiger partial charge in [-0.05, 0) is 23.9 Å². The van der Waals surface area contributed by atoms with Crippen LogP contribution < -0.4 is 0 Å². The van der Waals surface area contributed by atoms with Crippen molar-refractivity contribution in [2.45, 2.75) is 10.5 Å². The lowest BCUT2D eigenvalue weighted by Gasteiger charge is -2.13. The second-order valence-electron chi connectivity index (χ2n) is 5.02. The molecule has 124 valence electrons. The van der Waals surface area contributed by atoms with Gasteiger partial charge in [0.1, 0.15) is 12.7 Å². The summed E-state index contributed by atoms with van der Waals surface area (Å²) in [6, 6.07) is 12.6. The molecule has 0 aliphatic carbocycles. The number of nitrogens with zero attached hydrogens (tertiary/aromatic N) is 5. The van der Waals surface area contributed by atoms with Crippen LogP contribution in [0.3, 0.4) is 0 Å². The Kier molecular flexibility index (Phi) is 4.13. The zero-order valence-electron chi connectivity index (χ0n) is 12.8. The van der Waals surface area contributed by atoms with Crippen LogP contribution in [0, 0.1) is 0 Å². The number of nitrogens with one attached hydrogen (secondary N) is 1. The Bertz CT molecular complexity index is 950. The average molecular weight is 352 g/mol. The second kappa shape index (κ2) is 6.73. The number of rotatable bonds is 6. The maximum absolute atomic E-state index is 12.9. The van der Waals surface area contributed by atoms with Gasteiger partial charge in [0.15, 0.2) is 22.7 Å². The number of hydrogen-bond acceptors (Lipinski definition) is 7. The summed E-state index contributed by atoms with van der Waals surface area (Å²) < 4.78 is 6.78. The Hall–Kier alpha value is -3.20. The van der Waals surface area contributed by atoms with Gasteiger partial charge >= 0.3 is 0 Å². The van der Waals surface area contributed by atoms with E-state index in [-0.39, 0.29) is 5.78 Å². The zero-order valence-corrected chi connectivity index (χ0v) is 13.6. The number of thioether (sulfide) groups is 1. The summed E-state index contributed by atoms with van der Waals surface area (Å²) in [5.41, 5.74) is 0.581. The first-order valence-corrected chi connectivity index (χ1v) is 8.25. The van der Waals surface area contributed by atoms with Crippen LogP contribution in [0.4, 0.5) is 0 Å². The first kappa shape index (κ1) is 15.3. The Morgan fingerprint density at radius 1 is 1.20 bits per heavy atom. The number of ketones is 1. The molecular formula is C16H12N6O2S. The molecule has 0 aliphatic heterocycles. The van der Waals surface area contributed by atoms with E-state index in [1.165, 1.54) is 29.1 Å².